The van der Waals surface area contributed by atoms with Gasteiger partial charge >= 0.3 is 0 Å². The minimum atomic E-state index is -2.70. The number of piperazine rings is 1. The molecule has 1 aromatic carbocycles. The molecule has 4 aliphatic rings. The van der Waals surface area contributed by atoms with Crippen molar-refractivity contribution in [2.45, 2.75) is 75.5 Å². The molecule has 3 saturated heterocycles. The molecule has 0 spiro atoms. The third kappa shape index (κ3) is 6.83. The van der Waals surface area contributed by atoms with Gasteiger partial charge in [-0.25, -0.2) is 8.70 Å². The molecule has 1 aliphatic carbocycles. The number of hydrogen-bond acceptors (Lipinski definition) is 7. The molecule has 0 aromatic heterocycles. The van der Waals surface area contributed by atoms with Crippen LogP contribution in [0.5, 0.6) is 0 Å². The van der Waals surface area contributed by atoms with Crippen LogP contribution in [0.25, 0.3) is 0 Å². The molecule has 5 rings (SSSR count). The molecule has 3 heterocycles. The van der Waals surface area contributed by atoms with E-state index in [1.54, 1.807) is 6.07 Å². The van der Waals surface area contributed by atoms with E-state index in [4.69, 9.17) is 16.3 Å². The Kier molecular flexibility index (Phi) is 9.53. The molecule has 0 radical (unpaired) electrons. The minimum Gasteiger partial charge on any atom is -0.379 e. The first-order valence-corrected chi connectivity index (χ1v) is 16.2. The van der Waals surface area contributed by atoms with Gasteiger partial charge in [-0.15, -0.1) is 10.8 Å². The number of ether oxygens (including phenoxy) is 1. The molecule has 214 valence electrons. The summed E-state index contributed by atoms with van der Waals surface area (Å²) in [6.07, 6.45) is 7.02. The standard InChI is InChI=1S/C27H42ClFN4O4S/c28-23-9-7-20(15-24(23)29)26(32-10-12-37-13-11-32)16-27(34)31-25-5-1-3-19(25)6-8-22-17-30-21-4-2-14-38(35,36)33(22)18-21/h7,9,15,19,21-22,25-26,30,35-36H,1-6,8,10-14,16-18H2,(H,31,34)/t19-,21-,22+,25+,26?/m1/s1. The summed E-state index contributed by atoms with van der Waals surface area (Å²) in [6, 6.07) is 5.15. The van der Waals surface area contributed by atoms with Crippen molar-refractivity contribution < 1.29 is 23.0 Å². The van der Waals surface area contributed by atoms with Gasteiger partial charge in [-0.3, -0.25) is 18.8 Å². The Hall–Kier alpha value is -0.980. The fraction of sp³-hybridized carbons (Fsp3) is 0.741. The van der Waals surface area contributed by atoms with E-state index in [-0.39, 0.29) is 35.5 Å². The second-order valence-electron chi connectivity index (χ2n) is 11.3. The van der Waals surface area contributed by atoms with Crippen molar-refractivity contribution in [2.24, 2.45) is 5.92 Å². The fourth-order valence-corrected chi connectivity index (χ4v) is 8.74. The Morgan fingerprint density at radius 1 is 1.21 bits per heavy atom. The Morgan fingerprint density at radius 3 is 2.82 bits per heavy atom. The molecule has 3 aliphatic heterocycles. The Labute approximate surface area is 232 Å². The molecular weight excluding hydrogens is 531 g/mol. The zero-order valence-corrected chi connectivity index (χ0v) is 23.6. The Morgan fingerprint density at radius 2 is 2.03 bits per heavy atom. The highest BCUT2D eigenvalue weighted by Crippen LogP contribution is 2.49. The first-order valence-electron chi connectivity index (χ1n) is 14.1. The molecule has 2 bridgehead atoms. The lowest BCUT2D eigenvalue weighted by Gasteiger charge is -2.49. The molecule has 1 aromatic rings. The van der Waals surface area contributed by atoms with Gasteiger partial charge in [0, 0.05) is 56.8 Å². The van der Waals surface area contributed by atoms with E-state index in [9.17, 15) is 18.3 Å². The number of benzene rings is 1. The maximum atomic E-state index is 14.3. The summed E-state index contributed by atoms with van der Waals surface area (Å²) in [6.45, 7) is 4.06. The molecule has 1 amide bonds. The summed E-state index contributed by atoms with van der Waals surface area (Å²) in [7, 11) is -2.70. The number of amides is 1. The molecule has 11 heteroatoms. The largest absolute Gasteiger partial charge is 0.379 e. The van der Waals surface area contributed by atoms with Crippen LogP contribution in [-0.4, -0.2) is 87.5 Å². The average molecular weight is 573 g/mol. The zero-order valence-electron chi connectivity index (χ0n) is 22.0. The molecule has 4 N–H and O–H groups in total. The monoisotopic (exact) mass is 572 g/mol. The highest BCUT2D eigenvalue weighted by atomic mass is 35.5. The molecule has 2 unspecified atom stereocenters. The predicted octanol–water partition coefficient (Wildman–Crippen LogP) is 4.41. The van der Waals surface area contributed by atoms with Crippen molar-refractivity contribution >= 4 is 28.3 Å². The van der Waals surface area contributed by atoms with Crippen molar-refractivity contribution in [3.8, 4) is 0 Å². The van der Waals surface area contributed by atoms with Crippen molar-refractivity contribution in [1.29, 1.82) is 0 Å². The summed E-state index contributed by atoms with van der Waals surface area (Å²) in [5.41, 5.74) is 0.756. The maximum Gasteiger partial charge on any atom is 0.222 e. The van der Waals surface area contributed by atoms with Crippen molar-refractivity contribution in [2.75, 3.05) is 45.1 Å². The predicted molar refractivity (Wildman–Crippen MR) is 149 cm³/mol. The first kappa shape index (κ1) is 28.5. The van der Waals surface area contributed by atoms with Crippen LogP contribution in [0.1, 0.15) is 63.0 Å². The van der Waals surface area contributed by atoms with E-state index < -0.39 is 16.6 Å². The molecule has 8 nitrogen and oxygen atoms in total. The summed E-state index contributed by atoms with van der Waals surface area (Å²) in [5.74, 6) is 0.354. The zero-order chi connectivity index (χ0) is 26.7. The molecule has 6 atom stereocenters. The summed E-state index contributed by atoms with van der Waals surface area (Å²) in [5, 5.41) is 7.00. The van der Waals surface area contributed by atoms with Crippen LogP contribution in [0.4, 0.5) is 4.39 Å². The van der Waals surface area contributed by atoms with Crippen molar-refractivity contribution in [1.82, 2.24) is 19.8 Å². The van der Waals surface area contributed by atoms with Gasteiger partial charge in [0.2, 0.25) is 5.91 Å². The third-order valence-corrected chi connectivity index (χ3v) is 11.2. The second kappa shape index (κ2) is 12.7. The molecule has 1 saturated carbocycles. The number of rotatable bonds is 8. The van der Waals surface area contributed by atoms with Crippen LogP contribution >= 0.6 is 22.4 Å². The maximum absolute atomic E-state index is 14.3. The fourth-order valence-electron chi connectivity index (χ4n) is 6.76. The van der Waals surface area contributed by atoms with Gasteiger partial charge < -0.3 is 15.4 Å². The van der Waals surface area contributed by atoms with Crippen LogP contribution in [0, 0.1) is 11.7 Å². The van der Waals surface area contributed by atoms with Crippen LogP contribution in [0.3, 0.4) is 0 Å². The van der Waals surface area contributed by atoms with Crippen LogP contribution in [0.2, 0.25) is 5.02 Å². The second-order valence-corrected chi connectivity index (χ2v) is 13.9. The van der Waals surface area contributed by atoms with Gasteiger partial charge in [-0.1, -0.05) is 24.1 Å². The van der Waals surface area contributed by atoms with Gasteiger partial charge in [-0.2, -0.15) is 0 Å². The number of fused-ring (bicyclic) bond motifs is 2. The summed E-state index contributed by atoms with van der Waals surface area (Å²) >= 11 is 5.92. The Bertz CT molecular complexity index is 969. The summed E-state index contributed by atoms with van der Waals surface area (Å²) in [4.78, 5) is 15.5. The van der Waals surface area contributed by atoms with E-state index in [1.165, 1.54) is 6.07 Å². The lowest BCUT2D eigenvalue weighted by molar-refractivity contribution is -0.124. The van der Waals surface area contributed by atoms with Crippen LogP contribution < -0.4 is 10.6 Å². The van der Waals surface area contributed by atoms with E-state index in [0.29, 0.717) is 50.6 Å². The van der Waals surface area contributed by atoms with Crippen LogP contribution in [0.15, 0.2) is 18.2 Å². The number of carbonyl (C=O) groups is 1. The quantitative estimate of drug-likeness (QED) is 0.366. The SMILES string of the molecule is O=C(CC(c1ccc(Cl)c(F)c1)N1CCOCC1)N[C@H]1CCC[C@@H]1CC[C@H]1CN[C@@H]2CCCS(O)(O)N1C2. The lowest BCUT2D eigenvalue weighted by atomic mass is 9.93. The van der Waals surface area contributed by atoms with Crippen molar-refractivity contribution in [3.05, 3.63) is 34.6 Å². The number of halogens is 2. The smallest absolute Gasteiger partial charge is 0.222 e. The number of morpholine rings is 1. The third-order valence-electron chi connectivity index (χ3n) is 8.87. The highest BCUT2D eigenvalue weighted by Gasteiger charge is 2.39. The van der Waals surface area contributed by atoms with Gasteiger partial charge in [-0.05, 0) is 62.1 Å². The van der Waals surface area contributed by atoms with Crippen LogP contribution in [-0.2, 0) is 9.53 Å². The number of nitrogens with one attached hydrogen (secondary N) is 2. The summed E-state index contributed by atoms with van der Waals surface area (Å²) < 4.78 is 43.3. The Balaban J connectivity index is 1.19. The van der Waals surface area contributed by atoms with Crippen molar-refractivity contribution in [3.63, 3.8) is 0 Å². The lowest BCUT2D eigenvalue weighted by Crippen LogP contribution is -2.55. The highest BCUT2D eigenvalue weighted by molar-refractivity contribution is 8.22. The molecule has 4 fully saturated rings. The first-order chi connectivity index (χ1) is 18.3. The van der Waals surface area contributed by atoms with E-state index in [1.807, 2.05) is 10.4 Å². The number of carbonyl (C=O) groups excluding carboxylic acids is 1. The molecule has 38 heavy (non-hydrogen) atoms. The van der Waals surface area contributed by atoms with E-state index in [2.05, 4.69) is 15.5 Å². The minimum absolute atomic E-state index is 0.0161. The van der Waals surface area contributed by atoms with Gasteiger partial charge in [0.05, 0.1) is 24.0 Å². The normalized spacial score (nSPS) is 33.3. The van der Waals surface area contributed by atoms with Gasteiger partial charge in [0.25, 0.3) is 0 Å². The topological polar surface area (TPSA) is 97.3 Å². The molecular formula is C27H42ClFN4O4S. The van der Waals surface area contributed by atoms with Gasteiger partial charge in [0.15, 0.2) is 0 Å². The number of nitrogens with zero attached hydrogens (tertiary/aromatic N) is 2. The van der Waals surface area contributed by atoms with E-state index >= 15 is 0 Å². The average Bonchev–Trinajstić information content (AvgIpc) is 3.30. The van der Waals surface area contributed by atoms with Gasteiger partial charge in [0.1, 0.15) is 5.82 Å². The number of hydrogen-bond donors (Lipinski definition) is 4. The van der Waals surface area contributed by atoms with E-state index in [0.717, 1.165) is 57.1 Å².